The second-order valence-corrected chi connectivity index (χ2v) is 4.26. The highest BCUT2D eigenvalue weighted by atomic mass is 32.1. The summed E-state index contributed by atoms with van der Waals surface area (Å²) in [6.45, 7) is 1.70. The van der Waals surface area contributed by atoms with Crippen LogP contribution >= 0.6 is 11.3 Å². The predicted octanol–water partition coefficient (Wildman–Crippen LogP) is 1.83. The maximum Gasteiger partial charge on any atom is 0.189 e. The van der Waals surface area contributed by atoms with Crippen LogP contribution in [0, 0.1) is 0 Å². The van der Waals surface area contributed by atoms with Gasteiger partial charge < -0.3 is 5.73 Å². The lowest BCUT2D eigenvalue weighted by Crippen LogP contribution is -2.25. The largest absolute Gasteiger partial charge is 0.321 e. The van der Waals surface area contributed by atoms with Gasteiger partial charge in [-0.15, -0.1) is 11.3 Å². The Morgan fingerprint density at radius 2 is 2.43 bits per heavy atom. The van der Waals surface area contributed by atoms with Gasteiger partial charge in [-0.3, -0.25) is 9.78 Å². The number of nitrogens with two attached hydrogens (primary N) is 1. The fraction of sp³-hybridized carbons (Fsp3) is 0.200. The first-order valence-electron chi connectivity index (χ1n) is 4.32. The molecule has 0 aliphatic rings. The van der Waals surface area contributed by atoms with Crippen LogP contribution < -0.4 is 5.73 Å². The van der Waals surface area contributed by atoms with E-state index in [4.69, 9.17) is 5.73 Å². The van der Waals surface area contributed by atoms with Crippen LogP contribution in [0.4, 0.5) is 0 Å². The summed E-state index contributed by atoms with van der Waals surface area (Å²) in [6, 6.07) is 3.33. The number of nitrogens with zero attached hydrogens (tertiary/aromatic N) is 1. The molecule has 1 atom stereocenters. The zero-order chi connectivity index (χ0) is 10.1. The Morgan fingerprint density at radius 3 is 3.07 bits per heavy atom. The highest BCUT2D eigenvalue weighted by Gasteiger charge is 2.13. The quantitative estimate of drug-likeness (QED) is 0.762. The van der Waals surface area contributed by atoms with E-state index >= 15 is 0 Å². The number of thiophene rings is 1. The molecule has 4 heteroatoms. The number of hydrogen-bond acceptors (Lipinski definition) is 4. The molecule has 72 valence electrons. The zero-order valence-electron chi connectivity index (χ0n) is 7.73. The molecule has 2 heterocycles. The molecule has 14 heavy (non-hydrogen) atoms. The summed E-state index contributed by atoms with van der Waals surface area (Å²) in [5.41, 5.74) is 5.53. The van der Waals surface area contributed by atoms with Crippen molar-refractivity contribution >= 4 is 27.2 Å². The highest BCUT2D eigenvalue weighted by Crippen LogP contribution is 2.25. The fourth-order valence-electron chi connectivity index (χ4n) is 1.23. The SMILES string of the molecule is CC(N)C(=O)c1cc2ccncc2s1. The van der Waals surface area contributed by atoms with Gasteiger partial charge in [0.05, 0.1) is 15.6 Å². The van der Waals surface area contributed by atoms with Crippen LogP contribution in [0.15, 0.2) is 24.5 Å². The summed E-state index contributed by atoms with van der Waals surface area (Å²) in [6.07, 6.45) is 3.48. The van der Waals surface area contributed by atoms with E-state index in [-0.39, 0.29) is 5.78 Å². The number of carbonyl (C=O) groups excluding carboxylic acids is 1. The standard InChI is InChI=1S/C10H10N2OS/c1-6(11)10(13)8-4-7-2-3-12-5-9(7)14-8/h2-6H,11H2,1H3. The molecule has 0 bridgehead atoms. The van der Waals surface area contributed by atoms with Crippen molar-refractivity contribution in [3.63, 3.8) is 0 Å². The third kappa shape index (κ3) is 1.54. The Balaban J connectivity index is 2.50. The molecule has 2 aromatic rings. The van der Waals surface area contributed by atoms with E-state index in [0.29, 0.717) is 4.88 Å². The van der Waals surface area contributed by atoms with E-state index in [9.17, 15) is 4.79 Å². The van der Waals surface area contributed by atoms with Crippen LogP contribution in [0.1, 0.15) is 16.6 Å². The van der Waals surface area contributed by atoms with E-state index in [1.165, 1.54) is 11.3 Å². The molecule has 0 aliphatic heterocycles. The summed E-state index contributed by atoms with van der Waals surface area (Å²) in [7, 11) is 0. The lowest BCUT2D eigenvalue weighted by atomic mass is 10.2. The third-order valence-corrected chi connectivity index (χ3v) is 3.08. The molecular weight excluding hydrogens is 196 g/mol. The molecule has 0 aromatic carbocycles. The van der Waals surface area contributed by atoms with Gasteiger partial charge in [0.2, 0.25) is 0 Å². The summed E-state index contributed by atoms with van der Waals surface area (Å²) < 4.78 is 1.02. The summed E-state index contributed by atoms with van der Waals surface area (Å²) in [5, 5.41) is 1.05. The number of rotatable bonds is 2. The minimum atomic E-state index is -0.434. The monoisotopic (exact) mass is 206 g/mol. The normalized spacial score (nSPS) is 13.0. The van der Waals surface area contributed by atoms with Crippen molar-refractivity contribution in [2.75, 3.05) is 0 Å². The van der Waals surface area contributed by atoms with Crippen molar-refractivity contribution in [1.82, 2.24) is 4.98 Å². The van der Waals surface area contributed by atoms with Gasteiger partial charge in [-0.2, -0.15) is 0 Å². The van der Waals surface area contributed by atoms with Gasteiger partial charge in [-0.25, -0.2) is 0 Å². The van der Waals surface area contributed by atoms with Gasteiger partial charge in [0.1, 0.15) is 0 Å². The first-order chi connectivity index (χ1) is 6.68. The molecule has 1 unspecified atom stereocenters. The Kier molecular flexibility index (Phi) is 2.31. The molecule has 3 nitrogen and oxygen atoms in total. The average Bonchev–Trinajstić information content (AvgIpc) is 2.59. The summed E-state index contributed by atoms with van der Waals surface area (Å²) >= 11 is 1.44. The second-order valence-electron chi connectivity index (χ2n) is 3.18. The number of Topliss-reactive ketones (excluding diaryl/α,β-unsaturated/α-hetero) is 1. The molecule has 0 radical (unpaired) electrons. The number of hydrogen-bond donors (Lipinski definition) is 1. The third-order valence-electron chi connectivity index (χ3n) is 1.98. The van der Waals surface area contributed by atoms with Crippen LogP contribution in [0.2, 0.25) is 0 Å². The van der Waals surface area contributed by atoms with Crippen molar-refractivity contribution in [3.8, 4) is 0 Å². The van der Waals surface area contributed by atoms with Crippen molar-refractivity contribution in [1.29, 1.82) is 0 Å². The molecule has 2 rings (SSSR count). The Hall–Kier alpha value is -1.26. The highest BCUT2D eigenvalue weighted by molar-refractivity contribution is 7.20. The minimum Gasteiger partial charge on any atom is -0.321 e. The van der Waals surface area contributed by atoms with Crippen molar-refractivity contribution < 1.29 is 4.79 Å². The van der Waals surface area contributed by atoms with Crippen molar-refractivity contribution in [2.24, 2.45) is 5.73 Å². The van der Waals surface area contributed by atoms with Gasteiger partial charge in [-0.05, 0) is 24.4 Å². The average molecular weight is 206 g/mol. The molecule has 2 aromatic heterocycles. The molecule has 0 saturated carbocycles. The predicted molar refractivity (Wildman–Crippen MR) is 57.6 cm³/mol. The Labute approximate surface area is 85.6 Å². The number of fused-ring (bicyclic) bond motifs is 1. The lowest BCUT2D eigenvalue weighted by molar-refractivity contribution is 0.0972. The van der Waals surface area contributed by atoms with Crippen LogP contribution in [-0.4, -0.2) is 16.8 Å². The lowest BCUT2D eigenvalue weighted by Gasteiger charge is -1.98. The van der Waals surface area contributed by atoms with Gasteiger partial charge in [-0.1, -0.05) is 0 Å². The van der Waals surface area contributed by atoms with Crippen LogP contribution in [0.25, 0.3) is 10.1 Å². The van der Waals surface area contributed by atoms with E-state index in [2.05, 4.69) is 4.98 Å². The van der Waals surface area contributed by atoms with E-state index in [1.54, 1.807) is 19.3 Å². The first kappa shape index (κ1) is 9.30. The number of ketones is 1. The fourth-order valence-corrected chi connectivity index (χ4v) is 2.30. The topological polar surface area (TPSA) is 56.0 Å². The van der Waals surface area contributed by atoms with Crippen molar-refractivity contribution in [2.45, 2.75) is 13.0 Å². The van der Waals surface area contributed by atoms with E-state index < -0.39 is 6.04 Å². The molecule has 0 spiro atoms. The Bertz CT molecular complexity index is 443. The summed E-state index contributed by atoms with van der Waals surface area (Å²) in [4.78, 5) is 16.3. The molecule has 2 N–H and O–H groups in total. The molecule has 0 fully saturated rings. The smallest absolute Gasteiger partial charge is 0.189 e. The van der Waals surface area contributed by atoms with Crippen LogP contribution in [0.3, 0.4) is 0 Å². The molecule has 0 amide bonds. The summed E-state index contributed by atoms with van der Waals surface area (Å²) in [5.74, 6) is -0.00815. The maximum absolute atomic E-state index is 11.6. The first-order valence-corrected chi connectivity index (χ1v) is 5.13. The number of aromatic nitrogens is 1. The minimum absolute atomic E-state index is 0.00815. The Morgan fingerprint density at radius 1 is 1.64 bits per heavy atom. The molecule has 0 saturated heterocycles. The second kappa shape index (κ2) is 3.48. The number of carbonyl (C=O) groups is 1. The van der Waals surface area contributed by atoms with Gasteiger partial charge in [0.15, 0.2) is 5.78 Å². The molecular formula is C10H10N2OS. The van der Waals surface area contributed by atoms with E-state index in [1.807, 2.05) is 12.1 Å². The number of pyridine rings is 1. The van der Waals surface area contributed by atoms with Gasteiger partial charge in [0.25, 0.3) is 0 Å². The molecule has 0 aliphatic carbocycles. The van der Waals surface area contributed by atoms with Crippen LogP contribution in [-0.2, 0) is 0 Å². The van der Waals surface area contributed by atoms with Gasteiger partial charge >= 0.3 is 0 Å². The van der Waals surface area contributed by atoms with E-state index in [0.717, 1.165) is 10.1 Å². The van der Waals surface area contributed by atoms with Crippen molar-refractivity contribution in [3.05, 3.63) is 29.4 Å². The van der Waals surface area contributed by atoms with Gasteiger partial charge in [0, 0.05) is 12.4 Å². The van der Waals surface area contributed by atoms with Crippen LogP contribution in [0.5, 0.6) is 0 Å². The maximum atomic E-state index is 11.6. The zero-order valence-corrected chi connectivity index (χ0v) is 8.54.